The molecule has 0 radical (unpaired) electrons. The Labute approximate surface area is 109 Å². The average Bonchev–Trinajstić information content (AvgIpc) is 2.37. The van der Waals surface area contributed by atoms with Crippen LogP contribution < -0.4 is 5.73 Å². The smallest absolute Gasteiger partial charge is 0.239 e. The van der Waals surface area contributed by atoms with Gasteiger partial charge in [-0.05, 0) is 12.5 Å². The van der Waals surface area contributed by atoms with Crippen molar-refractivity contribution in [1.82, 2.24) is 9.80 Å². The maximum Gasteiger partial charge on any atom is 0.239 e. The molecule has 4 nitrogen and oxygen atoms in total. The average molecular weight is 249 g/mol. The summed E-state index contributed by atoms with van der Waals surface area (Å²) in [5.74, 6) is 0.111. The molecule has 2 N–H and O–H groups in total. The Morgan fingerprint density at radius 2 is 1.89 bits per heavy atom. The van der Waals surface area contributed by atoms with E-state index in [9.17, 15) is 4.79 Å². The number of hydrogen-bond acceptors (Lipinski definition) is 3. The van der Waals surface area contributed by atoms with E-state index in [1.807, 2.05) is 25.1 Å². The van der Waals surface area contributed by atoms with Crippen molar-refractivity contribution in [1.29, 1.82) is 0 Å². The normalized spacial score (nSPS) is 12.5. The maximum absolute atomic E-state index is 12.0. The summed E-state index contributed by atoms with van der Waals surface area (Å²) in [6.45, 7) is 3.95. The molecule has 0 aliphatic heterocycles. The van der Waals surface area contributed by atoms with Crippen LogP contribution in [0.2, 0.25) is 0 Å². The van der Waals surface area contributed by atoms with Crippen molar-refractivity contribution in [3.63, 3.8) is 0 Å². The van der Waals surface area contributed by atoms with Crippen LogP contribution in [0.25, 0.3) is 0 Å². The largest absolute Gasteiger partial charge is 0.347 e. The van der Waals surface area contributed by atoms with Gasteiger partial charge < -0.3 is 10.6 Å². The van der Waals surface area contributed by atoms with Gasteiger partial charge in [-0.3, -0.25) is 9.69 Å². The van der Waals surface area contributed by atoms with E-state index in [2.05, 4.69) is 17.0 Å². The molecule has 0 bridgehead atoms. The molecule has 1 rings (SSSR count). The highest BCUT2D eigenvalue weighted by Crippen LogP contribution is 2.09. The summed E-state index contributed by atoms with van der Waals surface area (Å²) in [5, 5.41) is 0. The lowest BCUT2D eigenvalue weighted by atomic mass is 10.1. The molecule has 0 spiro atoms. The third-order valence-electron chi connectivity index (χ3n) is 2.99. The first-order valence-electron chi connectivity index (χ1n) is 6.25. The number of carbonyl (C=O) groups is 1. The van der Waals surface area contributed by atoms with E-state index in [0.717, 1.165) is 13.1 Å². The van der Waals surface area contributed by atoms with Crippen LogP contribution in [0, 0.1) is 0 Å². The molecule has 0 fully saturated rings. The number of amides is 1. The van der Waals surface area contributed by atoms with Crippen LogP contribution in [-0.2, 0) is 11.3 Å². The first-order valence-corrected chi connectivity index (χ1v) is 6.25. The number of nitrogens with two attached hydrogens (primary N) is 1. The lowest BCUT2D eigenvalue weighted by Gasteiger charge is -2.29. The fourth-order valence-corrected chi connectivity index (χ4v) is 1.92. The van der Waals surface area contributed by atoms with Gasteiger partial charge in [-0.15, -0.1) is 0 Å². The van der Waals surface area contributed by atoms with Gasteiger partial charge in [-0.1, -0.05) is 30.3 Å². The molecule has 0 saturated heterocycles. The number of hydrogen-bond donors (Lipinski definition) is 1. The molecule has 1 amide bonds. The van der Waals surface area contributed by atoms with Crippen molar-refractivity contribution in [3.05, 3.63) is 35.9 Å². The van der Waals surface area contributed by atoms with Crippen LogP contribution in [-0.4, -0.2) is 48.9 Å². The minimum Gasteiger partial charge on any atom is -0.347 e. The third kappa shape index (κ3) is 4.13. The van der Waals surface area contributed by atoms with Gasteiger partial charge in [0, 0.05) is 33.7 Å². The molecule has 1 aromatic rings. The topological polar surface area (TPSA) is 49.6 Å². The standard InChI is InChI=1S/C14H23N3O/c1-12(14(18)16(2)3)17(10-9-15)11-13-7-5-4-6-8-13/h4-8,12H,9-11,15H2,1-3H3. The fourth-order valence-electron chi connectivity index (χ4n) is 1.92. The Morgan fingerprint density at radius 1 is 1.28 bits per heavy atom. The molecular weight excluding hydrogens is 226 g/mol. The summed E-state index contributed by atoms with van der Waals surface area (Å²) in [4.78, 5) is 15.7. The molecule has 18 heavy (non-hydrogen) atoms. The predicted octanol–water partition coefficient (Wildman–Crippen LogP) is 0.924. The van der Waals surface area contributed by atoms with Gasteiger partial charge in [-0.2, -0.15) is 0 Å². The van der Waals surface area contributed by atoms with E-state index in [0.29, 0.717) is 6.54 Å². The van der Waals surface area contributed by atoms with Gasteiger partial charge in [0.1, 0.15) is 0 Å². The second-order valence-electron chi connectivity index (χ2n) is 4.65. The van der Waals surface area contributed by atoms with Gasteiger partial charge in [0.2, 0.25) is 5.91 Å². The Bertz CT molecular complexity index is 365. The summed E-state index contributed by atoms with van der Waals surface area (Å²) in [6.07, 6.45) is 0. The molecule has 1 unspecified atom stereocenters. The fraction of sp³-hybridized carbons (Fsp3) is 0.500. The SMILES string of the molecule is CC(C(=O)N(C)C)N(CCN)Cc1ccccc1. The van der Waals surface area contributed by atoms with Crippen LogP contribution in [0.1, 0.15) is 12.5 Å². The highest BCUT2D eigenvalue weighted by Gasteiger charge is 2.22. The van der Waals surface area contributed by atoms with Crippen LogP contribution in [0.15, 0.2) is 30.3 Å². The molecule has 1 atom stereocenters. The first kappa shape index (κ1) is 14.7. The second kappa shape index (κ2) is 7.13. The summed E-state index contributed by atoms with van der Waals surface area (Å²) < 4.78 is 0. The van der Waals surface area contributed by atoms with E-state index in [4.69, 9.17) is 5.73 Å². The first-order chi connectivity index (χ1) is 8.56. The zero-order chi connectivity index (χ0) is 13.5. The molecule has 0 aromatic heterocycles. The minimum absolute atomic E-state index is 0.111. The van der Waals surface area contributed by atoms with Gasteiger partial charge in [0.25, 0.3) is 0 Å². The Hall–Kier alpha value is -1.39. The Kier molecular flexibility index (Phi) is 5.82. The van der Waals surface area contributed by atoms with Gasteiger partial charge in [-0.25, -0.2) is 0 Å². The highest BCUT2D eigenvalue weighted by atomic mass is 16.2. The van der Waals surface area contributed by atoms with E-state index in [-0.39, 0.29) is 11.9 Å². The van der Waals surface area contributed by atoms with Crippen molar-refractivity contribution in [2.75, 3.05) is 27.2 Å². The van der Waals surface area contributed by atoms with E-state index in [1.54, 1.807) is 19.0 Å². The maximum atomic E-state index is 12.0. The quantitative estimate of drug-likeness (QED) is 0.816. The minimum atomic E-state index is -0.149. The highest BCUT2D eigenvalue weighted by molar-refractivity contribution is 5.80. The second-order valence-corrected chi connectivity index (χ2v) is 4.65. The summed E-state index contributed by atoms with van der Waals surface area (Å²) >= 11 is 0. The van der Waals surface area contributed by atoms with Crippen molar-refractivity contribution in [2.45, 2.75) is 19.5 Å². The summed E-state index contributed by atoms with van der Waals surface area (Å²) in [6, 6.07) is 9.99. The molecule has 1 aromatic carbocycles. The van der Waals surface area contributed by atoms with Crippen LogP contribution >= 0.6 is 0 Å². The van der Waals surface area contributed by atoms with E-state index in [1.165, 1.54) is 5.56 Å². The number of nitrogens with zero attached hydrogens (tertiary/aromatic N) is 2. The predicted molar refractivity (Wildman–Crippen MR) is 74.1 cm³/mol. The third-order valence-corrected chi connectivity index (χ3v) is 2.99. The summed E-state index contributed by atoms with van der Waals surface area (Å²) in [5.41, 5.74) is 6.83. The van der Waals surface area contributed by atoms with Crippen molar-refractivity contribution >= 4 is 5.91 Å². The van der Waals surface area contributed by atoms with E-state index < -0.39 is 0 Å². The molecule has 0 saturated carbocycles. The zero-order valence-corrected chi connectivity index (χ0v) is 11.5. The zero-order valence-electron chi connectivity index (χ0n) is 11.5. The molecule has 100 valence electrons. The molecule has 4 heteroatoms. The van der Waals surface area contributed by atoms with Crippen LogP contribution in [0.4, 0.5) is 0 Å². The van der Waals surface area contributed by atoms with Crippen molar-refractivity contribution < 1.29 is 4.79 Å². The van der Waals surface area contributed by atoms with Crippen molar-refractivity contribution in [2.24, 2.45) is 5.73 Å². The molecular formula is C14H23N3O. The molecule has 0 aliphatic carbocycles. The molecule has 0 aliphatic rings. The lowest BCUT2D eigenvalue weighted by Crippen LogP contribution is -2.46. The molecule has 0 heterocycles. The Morgan fingerprint density at radius 3 is 2.39 bits per heavy atom. The Balaban J connectivity index is 2.73. The number of carbonyl (C=O) groups excluding carboxylic acids is 1. The number of likely N-dealkylation sites (N-methyl/N-ethyl adjacent to an activating group) is 1. The number of rotatable bonds is 6. The lowest BCUT2D eigenvalue weighted by molar-refractivity contribution is -0.134. The van der Waals surface area contributed by atoms with Gasteiger partial charge in [0.15, 0.2) is 0 Å². The summed E-state index contributed by atoms with van der Waals surface area (Å²) in [7, 11) is 3.56. The van der Waals surface area contributed by atoms with Crippen LogP contribution in [0.3, 0.4) is 0 Å². The van der Waals surface area contributed by atoms with Gasteiger partial charge >= 0.3 is 0 Å². The van der Waals surface area contributed by atoms with Gasteiger partial charge in [0.05, 0.1) is 6.04 Å². The van der Waals surface area contributed by atoms with Crippen LogP contribution in [0.5, 0.6) is 0 Å². The van der Waals surface area contributed by atoms with E-state index >= 15 is 0 Å². The monoisotopic (exact) mass is 249 g/mol. The van der Waals surface area contributed by atoms with Crippen molar-refractivity contribution in [3.8, 4) is 0 Å². The number of benzene rings is 1.